The molecule has 0 aliphatic heterocycles. The first-order valence-electron chi connectivity index (χ1n) is 8.33. The maximum Gasteiger partial charge on any atom is 0.273 e. The number of fused-ring (bicyclic) bond motifs is 1. The summed E-state index contributed by atoms with van der Waals surface area (Å²) in [7, 11) is 0. The van der Waals surface area contributed by atoms with E-state index in [0.717, 1.165) is 16.5 Å². The Labute approximate surface area is 155 Å². The average molecular weight is 362 g/mol. The van der Waals surface area contributed by atoms with E-state index >= 15 is 0 Å². The first kappa shape index (κ1) is 18.1. The maximum absolute atomic E-state index is 12.1. The number of para-hydroxylation sites is 2. The van der Waals surface area contributed by atoms with Gasteiger partial charge in [0.1, 0.15) is 0 Å². The number of aromatic nitrogens is 1. The van der Waals surface area contributed by atoms with Gasteiger partial charge in [0, 0.05) is 40.8 Å². The van der Waals surface area contributed by atoms with Crippen LogP contribution in [0.1, 0.15) is 11.1 Å². The number of nitrogens with one attached hydrogen (secondary N) is 1. The van der Waals surface area contributed by atoms with Crippen LogP contribution >= 0.6 is 0 Å². The molecule has 7 nitrogen and oxygen atoms in total. The maximum atomic E-state index is 12.1. The summed E-state index contributed by atoms with van der Waals surface area (Å²) in [6, 6.07) is 14.0. The molecule has 0 spiro atoms. The number of allylic oxidation sites excluding steroid dienone is 1. The molecule has 1 N–H and O–H groups in total. The number of carbonyl (C=O) groups is 1. The molecule has 0 atom stereocenters. The highest BCUT2D eigenvalue weighted by atomic mass is 16.6. The Morgan fingerprint density at radius 3 is 2.74 bits per heavy atom. The zero-order valence-corrected chi connectivity index (χ0v) is 14.5. The normalized spacial score (nSPS) is 11.0. The Hall–Kier alpha value is -3.74. The topological polar surface area (TPSA) is 89.5 Å². The molecule has 3 rings (SSSR count). The van der Waals surface area contributed by atoms with Crippen LogP contribution in [0.2, 0.25) is 0 Å². The molecule has 3 aromatic rings. The number of amides is 1. The van der Waals surface area contributed by atoms with E-state index < -0.39 is 10.8 Å². The lowest BCUT2D eigenvalue weighted by Crippen LogP contribution is -2.20. The van der Waals surface area contributed by atoms with Crippen molar-refractivity contribution in [3.63, 3.8) is 0 Å². The number of nitro groups is 1. The van der Waals surface area contributed by atoms with E-state index in [1.165, 1.54) is 6.07 Å². The van der Waals surface area contributed by atoms with E-state index in [9.17, 15) is 14.9 Å². The summed E-state index contributed by atoms with van der Waals surface area (Å²) in [4.78, 5) is 22.6. The Morgan fingerprint density at radius 2 is 1.96 bits per heavy atom. The molecule has 0 saturated heterocycles. The van der Waals surface area contributed by atoms with E-state index in [2.05, 4.69) is 17.1 Å². The van der Waals surface area contributed by atoms with Crippen LogP contribution in [0.15, 0.2) is 72.5 Å². The molecule has 1 aromatic heterocycles. The molecule has 0 unspecified atom stereocenters. The number of nitro benzene ring substituents is 1. The fourth-order valence-corrected chi connectivity index (χ4v) is 2.89. The summed E-state index contributed by atoms with van der Waals surface area (Å²) < 4.78 is 2.04. The second-order valence-corrected chi connectivity index (χ2v) is 5.90. The van der Waals surface area contributed by atoms with Crippen molar-refractivity contribution < 1.29 is 9.72 Å². The van der Waals surface area contributed by atoms with Gasteiger partial charge in [-0.25, -0.2) is 5.43 Å². The molecule has 136 valence electrons. The predicted octanol–water partition coefficient (Wildman–Crippen LogP) is 3.43. The van der Waals surface area contributed by atoms with Crippen LogP contribution < -0.4 is 5.43 Å². The van der Waals surface area contributed by atoms with E-state index in [1.807, 2.05) is 41.1 Å². The van der Waals surface area contributed by atoms with Crippen LogP contribution in [0.25, 0.3) is 10.9 Å². The summed E-state index contributed by atoms with van der Waals surface area (Å²) in [6.07, 6.45) is 5.19. The molecule has 0 saturated carbocycles. The van der Waals surface area contributed by atoms with Gasteiger partial charge in [-0.3, -0.25) is 14.9 Å². The number of hydrazone groups is 1. The van der Waals surface area contributed by atoms with Crippen molar-refractivity contribution in [3.05, 3.63) is 88.6 Å². The van der Waals surface area contributed by atoms with Crippen molar-refractivity contribution in [1.82, 2.24) is 9.99 Å². The molecule has 1 amide bonds. The highest BCUT2D eigenvalue weighted by Gasteiger charge is 2.15. The van der Waals surface area contributed by atoms with Gasteiger partial charge in [-0.2, -0.15) is 5.10 Å². The summed E-state index contributed by atoms with van der Waals surface area (Å²) in [5, 5.41) is 16.0. The summed E-state index contributed by atoms with van der Waals surface area (Å²) in [5.74, 6) is -0.421. The van der Waals surface area contributed by atoms with Gasteiger partial charge in [-0.05, 0) is 6.07 Å². The molecule has 0 fully saturated rings. The number of benzene rings is 2. The molecular weight excluding hydrogens is 344 g/mol. The van der Waals surface area contributed by atoms with E-state index in [1.54, 1.807) is 24.4 Å². The third kappa shape index (κ3) is 4.09. The van der Waals surface area contributed by atoms with Crippen LogP contribution in [0, 0.1) is 10.1 Å². The quantitative estimate of drug-likeness (QED) is 0.302. The van der Waals surface area contributed by atoms with Crippen molar-refractivity contribution >= 4 is 28.7 Å². The zero-order valence-electron chi connectivity index (χ0n) is 14.5. The highest BCUT2D eigenvalue weighted by molar-refractivity contribution is 5.99. The van der Waals surface area contributed by atoms with Crippen molar-refractivity contribution in [2.24, 2.45) is 5.10 Å². The Kier molecular flexibility index (Phi) is 5.41. The molecule has 0 aliphatic rings. The first-order chi connectivity index (χ1) is 13.1. The smallest absolute Gasteiger partial charge is 0.273 e. The number of nitrogens with zero attached hydrogens (tertiary/aromatic N) is 3. The average Bonchev–Trinajstić information content (AvgIpc) is 3.00. The van der Waals surface area contributed by atoms with Crippen molar-refractivity contribution in [2.45, 2.75) is 13.0 Å². The van der Waals surface area contributed by atoms with Crippen molar-refractivity contribution in [1.29, 1.82) is 0 Å². The van der Waals surface area contributed by atoms with Gasteiger partial charge in [-0.15, -0.1) is 6.58 Å². The SMILES string of the molecule is C=CCn1cc(/C=N/NC(=O)Cc2ccccc2[N+](=O)[O-])c2ccccc21. The Morgan fingerprint density at radius 1 is 1.22 bits per heavy atom. The fraction of sp³-hybridized carbons (Fsp3) is 0.100. The number of carbonyl (C=O) groups excluding carboxylic acids is 1. The minimum absolute atomic E-state index is 0.0795. The van der Waals surface area contributed by atoms with Crippen LogP contribution in [0.4, 0.5) is 5.69 Å². The van der Waals surface area contributed by atoms with Crippen molar-refractivity contribution in [2.75, 3.05) is 0 Å². The molecule has 27 heavy (non-hydrogen) atoms. The van der Waals surface area contributed by atoms with Gasteiger partial charge in [0.25, 0.3) is 5.69 Å². The molecular formula is C20H18N4O3. The Bertz CT molecular complexity index is 1040. The molecule has 1 heterocycles. The molecule has 7 heteroatoms. The molecule has 0 bridgehead atoms. The fourth-order valence-electron chi connectivity index (χ4n) is 2.89. The third-order valence-electron chi connectivity index (χ3n) is 4.08. The lowest BCUT2D eigenvalue weighted by Gasteiger charge is -2.01. The van der Waals surface area contributed by atoms with E-state index in [-0.39, 0.29) is 12.1 Å². The number of hydrogen-bond donors (Lipinski definition) is 1. The van der Waals surface area contributed by atoms with E-state index in [0.29, 0.717) is 12.1 Å². The van der Waals surface area contributed by atoms with Gasteiger partial charge in [0.15, 0.2) is 0 Å². The van der Waals surface area contributed by atoms with Gasteiger partial charge >= 0.3 is 0 Å². The van der Waals surface area contributed by atoms with Gasteiger partial charge in [-0.1, -0.05) is 42.5 Å². The zero-order chi connectivity index (χ0) is 19.2. The molecule has 0 aliphatic carbocycles. The lowest BCUT2D eigenvalue weighted by atomic mass is 10.1. The second kappa shape index (κ2) is 8.09. The van der Waals surface area contributed by atoms with Crippen LogP contribution in [-0.2, 0) is 17.8 Å². The Balaban J connectivity index is 1.73. The summed E-state index contributed by atoms with van der Waals surface area (Å²) in [5.41, 5.74) is 4.60. The largest absolute Gasteiger partial charge is 0.343 e. The van der Waals surface area contributed by atoms with Crippen LogP contribution in [-0.4, -0.2) is 21.6 Å². The lowest BCUT2D eigenvalue weighted by molar-refractivity contribution is -0.385. The minimum Gasteiger partial charge on any atom is -0.343 e. The number of rotatable bonds is 7. The van der Waals surface area contributed by atoms with E-state index in [4.69, 9.17) is 0 Å². The monoisotopic (exact) mass is 362 g/mol. The standard InChI is InChI=1S/C20H18N4O3/c1-2-11-23-14-16(17-8-4-6-10-19(17)23)13-21-22-20(25)12-15-7-3-5-9-18(15)24(26)27/h2-10,13-14H,1,11-12H2,(H,22,25)/b21-13+. The first-order valence-corrected chi connectivity index (χ1v) is 8.33. The minimum atomic E-state index is -0.500. The second-order valence-electron chi connectivity index (χ2n) is 5.90. The summed E-state index contributed by atoms with van der Waals surface area (Å²) >= 11 is 0. The molecule has 2 aromatic carbocycles. The van der Waals surface area contributed by atoms with Gasteiger partial charge in [0.2, 0.25) is 5.91 Å². The van der Waals surface area contributed by atoms with Crippen molar-refractivity contribution in [3.8, 4) is 0 Å². The third-order valence-corrected chi connectivity index (χ3v) is 4.08. The van der Waals surface area contributed by atoms with Crippen LogP contribution in [0.3, 0.4) is 0 Å². The van der Waals surface area contributed by atoms with Gasteiger partial charge < -0.3 is 4.57 Å². The predicted molar refractivity (Wildman–Crippen MR) is 105 cm³/mol. The van der Waals surface area contributed by atoms with Crippen LogP contribution in [0.5, 0.6) is 0 Å². The number of hydrogen-bond acceptors (Lipinski definition) is 4. The summed E-state index contributed by atoms with van der Waals surface area (Å²) in [6.45, 7) is 4.42. The molecule has 0 radical (unpaired) electrons. The van der Waals surface area contributed by atoms with Gasteiger partial charge in [0.05, 0.1) is 17.6 Å². The highest BCUT2D eigenvalue weighted by Crippen LogP contribution is 2.20.